The van der Waals surface area contributed by atoms with E-state index in [2.05, 4.69) is 15.5 Å². The van der Waals surface area contributed by atoms with Gasteiger partial charge in [-0.3, -0.25) is 9.36 Å². The van der Waals surface area contributed by atoms with Gasteiger partial charge in [0.2, 0.25) is 0 Å². The molecule has 2 rings (SSSR count). The minimum atomic E-state index is 0.618. The van der Waals surface area contributed by atoms with Crippen molar-refractivity contribution in [2.24, 2.45) is 14.1 Å². The van der Waals surface area contributed by atoms with Crippen molar-refractivity contribution in [3.05, 3.63) is 28.7 Å². The third kappa shape index (κ3) is 2.04. The summed E-state index contributed by atoms with van der Waals surface area (Å²) in [5.74, 6) is 0.831. The van der Waals surface area contributed by atoms with Gasteiger partial charge < -0.3 is 5.32 Å². The molecule has 0 aliphatic carbocycles. The molecule has 0 amide bonds. The maximum atomic E-state index is 6.14. The van der Waals surface area contributed by atoms with E-state index < -0.39 is 0 Å². The van der Waals surface area contributed by atoms with Crippen LogP contribution in [-0.2, 0) is 20.6 Å². The van der Waals surface area contributed by atoms with E-state index in [1.165, 1.54) is 0 Å². The molecule has 0 aromatic carbocycles. The summed E-state index contributed by atoms with van der Waals surface area (Å²) < 4.78 is 3.53. The number of nitrogens with zero attached hydrogens (tertiary/aromatic N) is 4. The quantitative estimate of drug-likeness (QED) is 0.888. The minimum absolute atomic E-state index is 0.618. The molecule has 0 aliphatic rings. The Kier molecular flexibility index (Phi) is 2.87. The highest BCUT2D eigenvalue weighted by molar-refractivity contribution is 6.31. The number of aromatic nitrogens is 4. The van der Waals surface area contributed by atoms with E-state index in [1.807, 2.05) is 33.3 Å². The normalized spacial score (nSPS) is 10.8. The molecule has 0 saturated heterocycles. The van der Waals surface area contributed by atoms with Gasteiger partial charge in [0.1, 0.15) is 5.82 Å². The fraction of sp³-hybridized carbons (Fsp3) is 0.400. The zero-order chi connectivity index (χ0) is 11.7. The lowest BCUT2D eigenvalue weighted by molar-refractivity contribution is 0.710. The first kappa shape index (κ1) is 11.0. The van der Waals surface area contributed by atoms with Gasteiger partial charge in [-0.2, -0.15) is 10.2 Å². The van der Waals surface area contributed by atoms with Crippen LogP contribution in [0.25, 0.3) is 0 Å². The summed E-state index contributed by atoms with van der Waals surface area (Å²) in [6.07, 6.45) is 1.89. The van der Waals surface area contributed by atoms with Gasteiger partial charge >= 0.3 is 0 Å². The molecule has 1 N–H and O–H groups in total. The van der Waals surface area contributed by atoms with Gasteiger partial charge in [0.05, 0.1) is 23.0 Å². The maximum absolute atomic E-state index is 6.14. The molecule has 2 aromatic rings. The van der Waals surface area contributed by atoms with Crippen LogP contribution in [-0.4, -0.2) is 19.6 Å². The Hall–Kier alpha value is -1.49. The van der Waals surface area contributed by atoms with Gasteiger partial charge in [-0.05, 0) is 6.92 Å². The molecule has 86 valence electrons. The third-order valence-electron chi connectivity index (χ3n) is 2.41. The molecule has 2 heterocycles. The van der Waals surface area contributed by atoms with Crippen molar-refractivity contribution in [3.8, 4) is 0 Å². The summed E-state index contributed by atoms with van der Waals surface area (Å²) >= 11 is 6.14. The monoisotopic (exact) mass is 239 g/mol. The average Bonchev–Trinajstić information content (AvgIpc) is 2.72. The second kappa shape index (κ2) is 4.17. The minimum Gasteiger partial charge on any atom is -0.363 e. The molecule has 0 spiro atoms. The maximum Gasteiger partial charge on any atom is 0.148 e. The van der Waals surface area contributed by atoms with Crippen LogP contribution in [0.15, 0.2) is 12.3 Å². The number of hydrogen-bond donors (Lipinski definition) is 1. The summed E-state index contributed by atoms with van der Waals surface area (Å²) in [7, 11) is 3.76. The van der Waals surface area contributed by atoms with E-state index in [-0.39, 0.29) is 0 Å². The number of nitrogens with one attached hydrogen (secondary N) is 1. The number of anilines is 1. The Morgan fingerprint density at radius 3 is 2.62 bits per heavy atom. The van der Waals surface area contributed by atoms with Crippen LogP contribution < -0.4 is 5.32 Å². The summed E-state index contributed by atoms with van der Waals surface area (Å²) in [6.45, 7) is 2.51. The van der Waals surface area contributed by atoms with Crippen molar-refractivity contribution in [2.75, 3.05) is 5.32 Å². The lowest BCUT2D eigenvalue weighted by Crippen LogP contribution is -2.06. The van der Waals surface area contributed by atoms with Gasteiger partial charge in [-0.25, -0.2) is 0 Å². The predicted molar refractivity (Wildman–Crippen MR) is 63.5 cm³/mol. The van der Waals surface area contributed by atoms with Gasteiger partial charge in [0.15, 0.2) is 0 Å². The molecule has 0 atom stereocenters. The highest BCUT2D eigenvalue weighted by Gasteiger charge is 2.10. The van der Waals surface area contributed by atoms with Crippen LogP contribution in [0.5, 0.6) is 0 Å². The van der Waals surface area contributed by atoms with E-state index in [1.54, 1.807) is 9.36 Å². The van der Waals surface area contributed by atoms with Crippen molar-refractivity contribution in [1.29, 1.82) is 0 Å². The van der Waals surface area contributed by atoms with Crippen molar-refractivity contribution in [2.45, 2.75) is 13.5 Å². The highest BCUT2D eigenvalue weighted by Crippen LogP contribution is 2.20. The summed E-state index contributed by atoms with van der Waals surface area (Å²) in [5, 5.41) is 12.4. The van der Waals surface area contributed by atoms with Crippen LogP contribution in [0.1, 0.15) is 11.4 Å². The fourth-order valence-corrected chi connectivity index (χ4v) is 1.78. The summed E-state index contributed by atoms with van der Waals surface area (Å²) in [6, 6.07) is 1.91. The molecule has 0 saturated carbocycles. The van der Waals surface area contributed by atoms with Crippen molar-refractivity contribution in [3.63, 3.8) is 0 Å². The van der Waals surface area contributed by atoms with E-state index in [0.717, 1.165) is 17.2 Å². The van der Waals surface area contributed by atoms with Gasteiger partial charge in [-0.15, -0.1) is 0 Å². The third-order valence-corrected chi connectivity index (χ3v) is 2.90. The molecule has 0 radical (unpaired) electrons. The summed E-state index contributed by atoms with van der Waals surface area (Å²) in [4.78, 5) is 0. The second-order valence-electron chi connectivity index (χ2n) is 3.70. The fourth-order valence-electron chi connectivity index (χ4n) is 1.56. The standard InChI is InChI=1S/C10H14ClN5/c1-7-10(11)8(16(3)13-7)6-12-9-4-5-15(2)14-9/h4-5H,6H2,1-3H3,(H,12,14). The first-order valence-electron chi connectivity index (χ1n) is 4.99. The zero-order valence-electron chi connectivity index (χ0n) is 9.53. The zero-order valence-corrected chi connectivity index (χ0v) is 10.3. The number of hydrogen-bond acceptors (Lipinski definition) is 3. The molecule has 16 heavy (non-hydrogen) atoms. The number of rotatable bonds is 3. The van der Waals surface area contributed by atoms with Crippen LogP contribution >= 0.6 is 11.6 Å². The average molecular weight is 240 g/mol. The van der Waals surface area contributed by atoms with E-state index in [9.17, 15) is 0 Å². The SMILES string of the molecule is Cc1nn(C)c(CNc2ccn(C)n2)c1Cl. The smallest absolute Gasteiger partial charge is 0.148 e. The Bertz CT molecular complexity index is 499. The predicted octanol–water partition coefficient (Wildman–Crippen LogP) is 1.73. The lowest BCUT2D eigenvalue weighted by Gasteiger charge is -2.04. The molecule has 0 fully saturated rings. The van der Waals surface area contributed by atoms with Crippen LogP contribution in [0.4, 0.5) is 5.82 Å². The Balaban J connectivity index is 2.10. The second-order valence-corrected chi connectivity index (χ2v) is 4.08. The van der Waals surface area contributed by atoms with Crippen molar-refractivity contribution < 1.29 is 0 Å². The molecule has 5 nitrogen and oxygen atoms in total. The molecule has 0 aliphatic heterocycles. The van der Waals surface area contributed by atoms with Gasteiger partial charge in [0, 0.05) is 26.4 Å². The number of halogens is 1. The first-order chi connectivity index (χ1) is 7.58. The Labute approximate surface area is 99.0 Å². The first-order valence-corrected chi connectivity index (χ1v) is 5.37. The van der Waals surface area contributed by atoms with E-state index in [0.29, 0.717) is 11.6 Å². The van der Waals surface area contributed by atoms with Crippen LogP contribution in [0.2, 0.25) is 5.02 Å². The topological polar surface area (TPSA) is 47.7 Å². The largest absolute Gasteiger partial charge is 0.363 e. The highest BCUT2D eigenvalue weighted by atomic mass is 35.5. The molecule has 0 unspecified atom stereocenters. The Morgan fingerprint density at radius 1 is 1.38 bits per heavy atom. The van der Waals surface area contributed by atoms with Gasteiger partial charge in [-0.1, -0.05) is 11.6 Å². The Morgan fingerprint density at radius 2 is 2.12 bits per heavy atom. The van der Waals surface area contributed by atoms with E-state index >= 15 is 0 Å². The van der Waals surface area contributed by atoms with Crippen LogP contribution in [0, 0.1) is 6.92 Å². The molecule has 0 bridgehead atoms. The lowest BCUT2D eigenvalue weighted by atomic mass is 10.3. The summed E-state index contributed by atoms with van der Waals surface area (Å²) in [5.41, 5.74) is 1.81. The van der Waals surface area contributed by atoms with Crippen LogP contribution in [0.3, 0.4) is 0 Å². The molecule has 6 heteroatoms. The van der Waals surface area contributed by atoms with Crippen molar-refractivity contribution >= 4 is 17.4 Å². The van der Waals surface area contributed by atoms with Crippen molar-refractivity contribution in [1.82, 2.24) is 19.6 Å². The molecular formula is C10H14ClN5. The molecule has 2 aromatic heterocycles. The molecular weight excluding hydrogens is 226 g/mol. The van der Waals surface area contributed by atoms with E-state index in [4.69, 9.17) is 11.6 Å². The number of aryl methyl sites for hydroxylation is 3. The van der Waals surface area contributed by atoms with Gasteiger partial charge in [0.25, 0.3) is 0 Å².